The van der Waals surface area contributed by atoms with Crippen LogP contribution in [0.15, 0.2) is 36.0 Å². The second kappa shape index (κ2) is 13.6. The zero-order valence-corrected chi connectivity index (χ0v) is 32.6. The molecule has 0 radical (unpaired) electrons. The van der Waals surface area contributed by atoms with E-state index in [4.69, 9.17) is 28.1 Å². The lowest BCUT2D eigenvalue weighted by Crippen LogP contribution is -2.51. The molecule has 1 aliphatic carbocycles. The Morgan fingerprint density at radius 3 is 2.15 bits per heavy atom. The minimum Gasteiger partial charge on any atom is -0.539 e. The third-order valence-corrected chi connectivity index (χ3v) is 16.0. The number of benzene rings is 2. The van der Waals surface area contributed by atoms with Crippen molar-refractivity contribution in [3.05, 3.63) is 52.7 Å². The number of imide groups is 1. The monoisotopic (exact) mass is 748 g/mol. The third kappa shape index (κ3) is 6.47. The number of nitrogens with zero attached hydrogens (tertiary/aromatic N) is 3. The first-order chi connectivity index (χ1) is 25.1. The van der Waals surface area contributed by atoms with Gasteiger partial charge in [0, 0.05) is 44.1 Å². The van der Waals surface area contributed by atoms with Gasteiger partial charge in [0.2, 0.25) is 12.7 Å². The van der Waals surface area contributed by atoms with Gasteiger partial charge in [0.25, 0.3) is 20.1 Å². The smallest absolute Gasteiger partial charge is 0.310 e. The number of esters is 1. The van der Waals surface area contributed by atoms with Gasteiger partial charge in [-0.1, -0.05) is 20.8 Å². The molecule has 2 aromatic carbocycles. The molecule has 0 aromatic heterocycles. The molecule has 4 aliphatic heterocycles. The molecule has 5 aliphatic rings. The highest BCUT2D eigenvalue weighted by Gasteiger charge is 2.54. The lowest BCUT2D eigenvalue weighted by atomic mass is 9.65. The maximum absolute atomic E-state index is 13.8. The summed E-state index contributed by atoms with van der Waals surface area (Å²) in [6.45, 7) is 13.0. The van der Waals surface area contributed by atoms with Gasteiger partial charge >= 0.3 is 5.97 Å². The predicted molar refractivity (Wildman–Crippen MR) is 194 cm³/mol. The molecule has 284 valence electrons. The van der Waals surface area contributed by atoms with Crippen molar-refractivity contribution < 1.29 is 47.3 Å². The van der Waals surface area contributed by atoms with Crippen LogP contribution in [0.4, 0.5) is 0 Å². The van der Waals surface area contributed by atoms with Crippen LogP contribution >= 0.6 is 0 Å². The average molecular weight is 749 g/mol. The average Bonchev–Trinajstić information content (AvgIpc) is 3.81. The Hall–Kier alpha value is -4.76. The molecule has 0 unspecified atom stereocenters. The Labute approximate surface area is 310 Å². The maximum Gasteiger partial charge on any atom is 0.310 e. The number of carbonyl (C=O) groups is 4. The maximum atomic E-state index is 13.8. The second-order valence-corrected chi connectivity index (χ2v) is 20.6. The molecular formula is C38H48N4O10Si. The minimum atomic E-state index is -2.32. The number of carbonyl (C=O) groups excluding carboxylic acids is 4. The number of nitrogens with one attached hydrogen (secondary N) is 1. The van der Waals surface area contributed by atoms with E-state index >= 15 is 0 Å². The lowest BCUT2D eigenvalue weighted by molar-refractivity contribution is -0.145. The van der Waals surface area contributed by atoms with Crippen molar-refractivity contribution in [2.24, 2.45) is 11.8 Å². The number of piperazine rings is 1. The van der Waals surface area contributed by atoms with Crippen molar-refractivity contribution in [1.29, 1.82) is 0 Å². The summed E-state index contributed by atoms with van der Waals surface area (Å²) in [5, 5.41) is 3.23. The van der Waals surface area contributed by atoms with Gasteiger partial charge < -0.3 is 43.2 Å². The van der Waals surface area contributed by atoms with Crippen molar-refractivity contribution in [2.75, 3.05) is 67.4 Å². The molecule has 4 atom stereocenters. The Bertz CT molecular complexity index is 1860. The molecule has 2 fully saturated rings. The van der Waals surface area contributed by atoms with Crippen LogP contribution in [0.1, 0.15) is 49.4 Å². The first-order valence-electron chi connectivity index (χ1n) is 18.0. The van der Waals surface area contributed by atoms with E-state index in [-0.39, 0.29) is 36.6 Å². The van der Waals surface area contributed by atoms with Crippen molar-refractivity contribution in [3.63, 3.8) is 0 Å². The van der Waals surface area contributed by atoms with E-state index in [1.165, 1.54) is 6.08 Å². The van der Waals surface area contributed by atoms with E-state index in [1.807, 2.05) is 31.3 Å². The Morgan fingerprint density at radius 1 is 0.925 bits per heavy atom. The van der Waals surface area contributed by atoms with Crippen LogP contribution in [-0.2, 0) is 23.9 Å². The standard InChI is InChI=1S/C38H48N4O10Si/c1-38(2,3)53(7,8)52-35-28(47-5)13-21(14-29(35)48-6)32-22-15-26-27(51-20-50-26)16-23(22)34(24-19-49-37(46)33(24)32)39-25-17-30(43)42(36(25)45)18-31(44)41-11-9-40(4)10-12-41/h13-17,24,32-34,39H,9-12,18-20H2,1-8H3/t24-,32+,33-,34+/m0/s1. The number of rotatable bonds is 9. The van der Waals surface area contributed by atoms with Gasteiger partial charge in [-0.15, -0.1) is 0 Å². The van der Waals surface area contributed by atoms with E-state index in [0.717, 1.165) is 34.7 Å². The lowest BCUT2D eigenvalue weighted by Gasteiger charge is -2.40. The first-order valence-corrected chi connectivity index (χ1v) is 20.9. The number of hydrogen-bond acceptors (Lipinski definition) is 12. The highest BCUT2D eigenvalue weighted by Crippen LogP contribution is 2.56. The highest BCUT2D eigenvalue weighted by atomic mass is 28.4. The number of ether oxygens (including phenoxy) is 5. The van der Waals surface area contributed by atoms with Gasteiger partial charge in [-0.05, 0) is 66.1 Å². The third-order valence-electron chi connectivity index (χ3n) is 11.7. The highest BCUT2D eigenvalue weighted by molar-refractivity contribution is 6.74. The van der Waals surface area contributed by atoms with Crippen LogP contribution < -0.4 is 28.7 Å². The second-order valence-electron chi connectivity index (χ2n) is 15.8. The van der Waals surface area contributed by atoms with Crippen LogP contribution in [0.25, 0.3) is 0 Å². The number of methoxy groups -OCH3 is 2. The molecule has 3 amide bonds. The molecular weight excluding hydrogens is 701 g/mol. The zero-order valence-electron chi connectivity index (χ0n) is 31.6. The van der Waals surface area contributed by atoms with Crippen LogP contribution in [-0.4, -0.2) is 114 Å². The molecule has 1 N–H and O–H groups in total. The number of likely N-dealkylation sites (N-methyl/N-ethyl adjacent to an activating group) is 1. The normalized spacial score (nSPS) is 24.1. The van der Waals surface area contributed by atoms with Crippen LogP contribution in [0.3, 0.4) is 0 Å². The van der Waals surface area contributed by atoms with Crippen molar-refractivity contribution in [1.82, 2.24) is 20.0 Å². The summed E-state index contributed by atoms with van der Waals surface area (Å²) in [5.41, 5.74) is 2.30. The van der Waals surface area contributed by atoms with Crippen molar-refractivity contribution >= 4 is 32.0 Å². The molecule has 4 heterocycles. The number of hydrogen-bond donors (Lipinski definition) is 1. The minimum absolute atomic E-state index is 0.0332. The Morgan fingerprint density at radius 2 is 1.55 bits per heavy atom. The van der Waals surface area contributed by atoms with E-state index < -0.39 is 49.9 Å². The van der Waals surface area contributed by atoms with Gasteiger partial charge in [-0.3, -0.25) is 24.1 Å². The first kappa shape index (κ1) is 36.6. The fraction of sp³-hybridized carbons (Fsp3) is 0.526. The van der Waals surface area contributed by atoms with E-state index in [0.29, 0.717) is 41.8 Å². The summed E-state index contributed by atoms with van der Waals surface area (Å²) in [5.74, 6) is -1.03. The molecule has 53 heavy (non-hydrogen) atoms. The number of cyclic esters (lactones) is 1. The molecule has 0 spiro atoms. The number of amides is 3. The molecule has 14 nitrogen and oxygen atoms in total. The summed E-state index contributed by atoms with van der Waals surface area (Å²) in [7, 11) is 2.82. The summed E-state index contributed by atoms with van der Waals surface area (Å²) < 4.78 is 35.9. The largest absolute Gasteiger partial charge is 0.539 e. The molecule has 7 rings (SSSR count). The van der Waals surface area contributed by atoms with Gasteiger partial charge in [0.15, 0.2) is 28.7 Å². The summed E-state index contributed by atoms with van der Waals surface area (Å²) in [6, 6.07) is 6.87. The number of fused-ring (bicyclic) bond motifs is 3. The van der Waals surface area contributed by atoms with Gasteiger partial charge in [0.1, 0.15) is 12.2 Å². The van der Waals surface area contributed by atoms with E-state index in [1.54, 1.807) is 19.1 Å². The molecule has 0 bridgehead atoms. The van der Waals surface area contributed by atoms with Crippen LogP contribution in [0.2, 0.25) is 18.1 Å². The predicted octanol–water partition coefficient (Wildman–Crippen LogP) is 3.41. The zero-order chi connectivity index (χ0) is 38.0. The van der Waals surface area contributed by atoms with Crippen molar-refractivity contribution in [3.8, 4) is 28.7 Å². The fourth-order valence-corrected chi connectivity index (χ4v) is 8.57. The van der Waals surface area contributed by atoms with Crippen LogP contribution in [0, 0.1) is 11.8 Å². The molecule has 2 saturated heterocycles. The SMILES string of the molecule is COc1cc([C@@H]2c3cc4c(cc3[C@@H](NC3=CC(=O)N(CC(=O)N5CCN(C)CC5)C3=O)[C@H]3COC(=O)[C@H]23)OCO4)cc(OC)c1O[Si](C)(C)C(C)(C)C. The molecule has 15 heteroatoms. The topological polar surface area (TPSA) is 145 Å². The van der Waals surface area contributed by atoms with E-state index in [9.17, 15) is 19.2 Å². The van der Waals surface area contributed by atoms with Gasteiger partial charge in [-0.25, -0.2) is 0 Å². The fourth-order valence-electron chi connectivity index (χ4n) is 7.56. The summed E-state index contributed by atoms with van der Waals surface area (Å²) in [4.78, 5) is 58.6. The quantitative estimate of drug-likeness (QED) is 0.228. The Balaban J connectivity index is 1.25. The van der Waals surface area contributed by atoms with Gasteiger partial charge in [-0.2, -0.15) is 0 Å². The Kier molecular flexibility index (Phi) is 9.37. The van der Waals surface area contributed by atoms with Crippen molar-refractivity contribution in [2.45, 2.75) is 50.9 Å². The van der Waals surface area contributed by atoms with E-state index in [2.05, 4.69) is 44.1 Å². The summed E-state index contributed by atoms with van der Waals surface area (Å²) >= 11 is 0. The molecule has 2 aromatic rings. The van der Waals surface area contributed by atoms with Crippen LogP contribution in [0.5, 0.6) is 28.7 Å². The molecule has 0 saturated carbocycles. The summed E-state index contributed by atoms with van der Waals surface area (Å²) in [6.07, 6.45) is 1.22. The van der Waals surface area contributed by atoms with Gasteiger partial charge in [0.05, 0.1) is 32.8 Å².